The third kappa shape index (κ3) is 4.63. The Morgan fingerprint density at radius 2 is 2.23 bits per heavy atom. The van der Waals surface area contributed by atoms with E-state index in [1.165, 1.54) is 0 Å². The van der Waals surface area contributed by atoms with Gasteiger partial charge in [0.1, 0.15) is 5.01 Å². The van der Waals surface area contributed by atoms with E-state index >= 15 is 0 Å². The van der Waals surface area contributed by atoms with Crippen molar-refractivity contribution in [3.63, 3.8) is 0 Å². The van der Waals surface area contributed by atoms with Crippen molar-refractivity contribution < 1.29 is 4.79 Å². The van der Waals surface area contributed by atoms with E-state index in [-0.39, 0.29) is 11.4 Å². The van der Waals surface area contributed by atoms with Gasteiger partial charge in [0.25, 0.3) is 0 Å². The number of aromatic nitrogens is 1. The summed E-state index contributed by atoms with van der Waals surface area (Å²) >= 11 is 3.24. The molecule has 120 valence electrons. The fourth-order valence-electron chi connectivity index (χ4n) is 2.53. The number of carbonyl (C=O) groups is 1. The number of hydrogen-bond donors (Lipinski definition) is 2. The van der Waals surface area contributed by atoms with Gasteiger partial charge < -0.3 is 11.1 Å². The summed E-state index contributed by atoms with van der Waals surface area (Å²) in [7, 11) is 0. The van der Waals surface area contributed by atoms with Gasteiger partial charge >= 0.3 is 0 Å². The number of hydrogen-bond acceptors (Lipinski definition) is 5. The van der Waals surface area contributed by atoms with E-state index in [2.05, 4.69) is 24.1 Å². The first-order valence-electron chi connectivity index (χ1n) is 7.41. The highest BCUT2D eigenvalue weighted by Crippen LogP contribution is 2.28. The van der Waals surface area contributed by atoms with Crippen LogP contribution in [0.4, 0.5) is 0 Å². The Balaban J connectivity index is 1.97. The molecular weight excluding hydrogens is 314 g/mol. The van der Waals surface area contributed by atoms with Crippen LogP contribution in [0.5, 0.6) is 0 Å². The van der Waals surface area contributed by atoms with Crippen molar-refractivity contribution in [3.8, 4) is 9.88 Å². The average molecular weight is 338 g/mol. The van der Waals surface area contributed by atoms with Gasteiger partial charge in [0.2, 0.25) is 5.91 Å². The molecule has 2 aromatic rings. The van der Waals surface area contributed by atoms with Crippen LogP contribution in [-0.2, 0) is 11.2 Å². The quantitative estimate of drug-likeness (QED) is 0.814. The highest BCUT2D eigenvalue weighted by molar-refractivity contribution is 7.20. The van der Waals surface area contributed by atoms with Crippen LogP contribution in [0.2, 0.25) is 0 Å². The number of carbonyl (C=O) groups excluding carboxylic acids is 1. The third-order valence-corrected chi connectivity index (χ3v) is 5.31. The maximum atomic E-state index is 12.3. The summed E-state index contributed by atoms with van der Waals surface area (Å²) < 4.78 is 0. The van der Waals surface area contributed by atoms with Crippen LogP contribution in [0, 0.1) is 5.92 Å². The number of nitrogens with two attached hydrogens (primary N) is 1. The number of thiophene rings is 1. The minimum Gasteiger partial charge on any atom is -0.349 e. The van der Waals surface area contributed by atoms with Crippen molar-refractivity contribution in [2.45, 2.75) is 39.2 Å². The summed E-state index contributed by atoms with van der Waals surface area (Å²) in [6.45, 7) is 6.71. The van der Waals surface area contributed by atoms with Gasteiger partial charge in [-0.3, -0.25) is 4.79 Å². The highest BCUT2D eigenvalue weighted by Gasteiger charge is 2.26. The summed E-state index contributed by atoms with van der Waals surface area (Å²) in [5, 5.41) is 8.03. The molecule has 22 heavy (non-hydrogen) atoms. The smallest absolute Gasteiger partial charge is 0.226 e. The van der Waals surface area contributed by atoms with Crippen molar-refractivity contribution in [1.29, 1.82) is 0 Å². The minimum atomic E-state index is -0.349. The first-order chi connectivity index (χ1) is 10.4. The lowest BCUT2D eigenvalue weighted by Crippen LogP contribution is -2.52. The van der Waals surface area contributed by atoms with Crippen LogP contribution in [0.15, 0.2) is 22.9 Å². The zero-order valence-electron chi connectivity index (χ0n) is 13.3. The first kappa shape index (κ1) is 17.1. The third-order valence-electron chi connectivity index (χ3n) is 3.38. The molecule has 0 aliphatic carbocycles. The van der Waals surface area contributed by atoms with Crippen molar-refractivity contribution >= 4 is 28.6 Å². The van der Waals surface area contributed by atoms with Crippen molar-refractivity contribution in [3.05, 3.63) is 28.6 Å². The van der Waals surface area contributed by atoms with E-state index < -0.39 is 0 Å². The molecule has 2 rings (SSSR count). The molecule has 3 N–H and O–H groups in total. The lowest BCUT2D eigenvalue weighted by atomic mass is 9.90. The number of amides is 1. The molecule has 0 radical (unpaired) electrons. The van der Waals surface area contributed by atoms with Gasteiger partial charge in [-0.1, -0.05) is 19.9 Å². The molecule has 0 aliphatic rings. The van der Waals surface area contributed by atoms with E-state index in [9.17, 15) is 4.79 Å². The molecule has 0 aromatic carbocycles. The second-order valence-corrected chi connectivity index (χ2v) is 8.01. The summed E-state index contributed by atoms with van der Waals surface area (Å²) in [5.74, 6) is 0.468. The zero-order valence-corrected chi connectivity index (χ0v) is 14.9. The van der Waals surface area contributed by atoms with Gasteiger partial charge in [0.15, 0.2) is 0 Å². The molecule has 1 unspecified atom stereocenters. The molecule has 2 aromatic heterocycles. The predicted octanol–water partition coefficient (Wildman–Crippen LogP) is 3.29. The van der Waals surface area contributed by atoms with Crippen LogP contribution < -0.4 is 11.1 Å². The molecule has 0 spiro atoms. The van der Waals surface area contributed by atoms with Gasteiger partial charge in [-0.15, -0.1) is 22.7 Å². The first-order valence-corrected chi connectivity index (χ1v) is 9.17. The molecule has 0 fully saturated rings. The second-order valence-electron chi connectivity index (χ2n) is 6.21. The Morgan fingerprint density at radius 1 is 1.45 bits per heavy atom. The topological polar surface area (TPSA) is 68.0 Å². The highest BCUT2D eigenvalue weighted by atomic mass is 32.1. The predicted molar refractivity (Wildman–Crippen MR) is 94.2 cm³/mol. The van der Waals surface area contributed by atoms with Gasteiger partial charge in [0.05, 0.1) is 17.0 Å². The minimum absolute atomic E-state index is 0.0170. The summed E-state index contributed by atoms with van der Waals surface area (Å²) in [5.41, 5.74) is 6.30. The zero-order chi connectivity index (χ0) is 16.2. The average Bonchev–Trinajstić information content (AvgIpc) is 3.07. The van der Waals surface area contributed by atoms with E-state index in [1.54, 1.807) is 22.7 Å². The van der Waals surface area contributed by atoms with Gasteiger partial charge in [-0.25, -0.2) is 4.98 Å². The molecule has 0 saturated heterocycles. The molecular formula is C16H23N3OS2. The van der Waals surface area contributed by atoms with Crippen molar-refractivity contribution in [2.75, 3.05) is 6.54 Å². The monoisotopic (exact) mass is 337 g/mol. The van der Waals surface area contributed by atoms with Crippen LogP contribution >= 0.6 is 22.7 Å². The van der Waals surface area contributed by atoms with E-state index in [0.29, 0.717) is 18.9 Å². The van der Waals surface area contributed by atoms with Gasteiger partial charge in [-0.05, 0) is 30.7 Å². The molecule has 1 atom stereocenters. The van der Waals surface area contributed by atoms with E-state index in [1.807, 2.05) is 29.8 Å². The normalized spacial score (nSPS) is 14.0. The Bertz CT molecular complexity index is 607. The molecule has 0 saturated carbocycles. The maximum absolute atomic E-state index is 12.3. The van der Waals surface area contributed by atoms with Crippen molar-refractivity contribution in [2.24, 2.45) is 11.7 Å². The largest absolute Gasteiger partial charge is 0.349 e. The molecule has 1 amide bonds. The Morgan fingerprint density at radius 3 is 2.82 bits per heavy atom. The lowest BCUT2D eigenvalue weighted by molar-refractivity contribution is -0.122. The Labute approximate surface area is 139 Å². The molecule has 6 heteroatoms. The summed E-state index contributed by atoms with van der Waals surface area (Å²) in [6, 6.07) is 4.05. The fraction of sp³-hybridized carbons (Fsp3) is 0.500. The molecule has 0 aliphatic heterocycles. The standard InChI is InChI=1S/C16H23N3OS2/c1-11(2)8-16(3,10-17)19-14(20)7-12-9-22-15(18-12)13-5-4-6-21-13/h4-6,9,11H,7-8,10,17H2,1-3H3,(H,19,20). The number of thiazole rings is 1. The van der Waals surface area contributed by atoms with Crippen LogP contribution in [0.25, 0.3) is 9.88 Å². The molecule has 2 heterocycles. The van der Waals surface area contributed by atoms with Crippen LogP contribution in [-0.4, -0.2) is 23.0 Å². The SMILES string of the molecule is CC(C)CC(C)(CN)NC(=O)Cc1csc(-c2cccs2)n1. The number of nitrogens with zero attached hydrogens (tertiary/aromatic N) is 1. The van der Waals surface area contributed by atoms with Crippen molar-refractivity contribution in [1.82, 2.24) is 10.3 Å². The Kier molecular flexibility index (Phi) is 5.72. The molecule has 0 bridgehead atoms. The lowest BCUT2D eigenvalue weighted by Gasteiger charge is -2.31. The van der Waals surface area contributed by atoms with E-state index in [0.717, 1.165) is 22.0 Å². The second kappa shape index (κ2) is 7.35. The van der Waals surface area contributed by atoms with Crippen LogP contribution in [0.1, 0.15) is 32.9 Å². The van der Waals surface area contributed by atoms with Gasteiger partial charge in [0, 0.05) is 17.5 Å². The maximum Gasteiger partial charge on any atom is 0.226 e. The molecule has 4 nitrogen and oxygen atoms in total. The summed E-state index contributed by atoms with van der Waals surface area (Å²) in [6.07, 6.45) is 1.17. The summed E-state index contributed by atoms with van der Waals surface area (Å²) in [4.78, 5) is 18.0. The van der Waals surface area contributed by atoms with Crippen LogP contribution in [0.3, 0.4) is 0 Å². The fourth-order valence-corrected chi connectivity index (χ4v) is 4.17. The Hall–Kier alpha value is -1.24. The number of nitrogens with one attached hydrogen (secondary N) is 1. The van der Waals surface area contributed by atoms with Gasteiger partial charge in [-0.2, -0.15) is 0 Å². The van der Waals surface area contributed by atoms with E-state index in [4.69, 9.17) is 5.73 Å². The number of rotatable bonds is 7.